The lowest BCUT2D eigenvalue weighted by Crippen LogP contribution is -2.41. The number of rotatable bonds is 9. The van der Waals surface area contributed by atoms with Gasteiger partial charge in [0, 0.05) is 34.7 Å². The summed E-state index contributed by atoms with van der Waals surface area (Å²) in [6, 6.07) is 22.7. The fourth-order valence-electron chi connectivity index (χ4n) is 4.16. The number of nitrogens with zero attached hydrogens (tertiary/aromatic N) is 1. The predicted octanol–water partition coefficient (Wildman–Crippen LogP) is 7.18. The molecule has 0 spiro atoms. The number of likely N-dealkylation sites (tertiary alicyclic amines) is 1. The molecule has 1 N–H and O–H groups in total. The molecule has 4 nitrogen and oxygen atoms in total. The highest BCUT2D eigenvalue weighted by Crippen LogP contribution is 2.31. The topological polar surface area (TPSA) is 33.7 Å². The summed E-state index contributed by atoms with van der Waals surface area (Å²) in [5, 5.41) is 4.90. The first-order valence-corrected chi connectivity index (χ1v) is 12.1. The zero-order valence-electron chi connectivity index (χ0n) is 19.7. The van der Waals surface area contributed by atoms with Gasteiger partial charge in [-0.15, -0.1) is 24.8 Å². The summed E-state index contributed by atoms with van der Waals surface area (Å²) < 4.78 is 11.5. The van der Waals surface area contributed by atoms with E-state index in [1.807, 2.05) is 30.3 Å². The minimum Gasteiger partial charge on any atom is -0.493 e. The van der Waals surface area contributed by atoms with E-state index in [0.29, 0.717) is 27.6 Å². The van der Waals surface area contributed by atoms with E-state index in [9.17, 15) is 0 Å². The van der Waals surface area contributed by atoms with Crippen LogP contribution in [0.1, 0.15) is 29.5 Å². The Morgan fingerprint density at radius 2 is 1.54 bits per heavy atom. The van der Waals surface area contributed by atoms with Gasteiger partial charge in [-0.25, -0.2) is 0 Å². The Kier molecular flexibility index (Phi) is 12.5. The van der Waals surface area contributed by atoms with Crippen molar-refractivity contribution in [3.8, 4) is 11.5 Å². The Morgan fingerprint density at radius 3 is 2.20 bits per heavy atom. The average Bonchev–Trinajstić information content (AvgIpc) is 2.84. The Labute approximate surface area is 230 Å². The van der Waals surface area contributed by atoms with Crippen molar-refractivity contribution in [1.82, 2.24) is 10.2 Å². The van der Waals surface area contributed by atoms with Crippen LogP contribution >= 0.6 is 48.0 Å². The summed E-state index contributed by atoms with van der Waals surface area (Å²) in [7, 11) is 1.66. The van der Waals surface area contributed by atoms with Crippen molar-refractivity contribution in [2.75, 3.05) is 20.2 Å². The van der Waals surface area contributed by atoms with Gasteiger partial charge in [-0.1, -0.05) is 65.7 Å². The van der Waals surface area contributed by atoms with Crippen LogP contribution in [0.25, 0.3) is 0 Å². The molecule has 1 saturated heterocycles. The third-order valence-corrected chi connectivity index (χ3v) is 6.80. The van der Waals surface area contributed by atoms with E-state index in [4.69, 9.17) is 32.7 Å². The van der Waals surface area contributed by atoms with Gasteiger partial charge in [0.1, 0.15) is 6.61 Å². The Morgan fingerprint density at radius 1 is 0.857 bits per heavy atom. The van der Waals surface area contributed by atoms with Crippen LogP contribution < -0.4 is 14.8 Å². The molecule has 4 rings (SSSR count). The van der Waals surface area contributed by atoms with Crippen LogP contribution in [0.15, 0.2) is 66.7 Å². The van der Waals surface area contributed by atoms with E-state index in [2.05, 4.69) is 46.6 Å². The number of nitrogens with one attached hydrogen (secondary N) is 1. The quantitative estimate of drug-likeness (QED) is 0.302. The zero-order valence-corrected chi connectivity index (χ0v) is 22.9. The van der Waals surface area contributed by atoms with Gasteiger partial charge in [-0.3, -0.25) is 4.90 Å². The second-order valence-electron chi connectivity index (χ2n) is 8.39. The van der Waals surface area contributed by atoms with Crippen LogP contribution in [0.3, 0.4) is 0 Å². The van der Waals surface area contributed by atoms with Gasteiger partial charge in [0.15, 0.2) is 11.5 Å². The SMILES string of the molecule is COc1cc(CNC2CCN(Cc3ccccc3)CC2)ccc1OCc1c(Cl)cccc1Cl.Cl.Cl. The molecule has 1 fully saturated rings. The van der Waals surface area contributed by atoms with Crippen molar-refractivity contribution in [2.24, 2.45) is 0 Å². The number of ether oxygens (including phenoxy) is 2. The second kappa shape index (κ2) is 14.8. The van der Waals surface area contributed by atoms with Gasteiger partial charge in [0.2, 0.25) is 0 Å². The van der Waals surface area contributed by atoms with Gasteiger partial charge < -0.3 is 14.8 Å². The maximum Gasteiger partial charge on any atom is 0.161 e. The van der Waals surface area contributed by atoms with Crippen molar-refractivity contribution in [3.63, 3.8) is 0 Å². The molecule has 0 radical (unpaired) electrons. The molecule has 0 amide bonds. The summed E-state index contributed by atoms with van der Waals surface area (Å²) in [5.41, 5.74) is 3.32. The summed E-state index contributed by atoms with van der Waals surface area (Å²) in [4.78, 5) is 2.54. The first-order chi connectivity index (χ1) is 16.1. The monoisotopic (exact) mass is 556 g/mol. The molecule has 0 saturated carbocycles. The minimum atomic E-state index is 0. The predicted molar refractivity (Wildman–Crippen MR) is 150 cm³/mol. The lowest BCUT2D eigenvalue weighted by Gasteiger charge is -2.32. The number of methoxy groups -OCH3 is 1. The highest BCUT2D eigenvalue weighted by Gasteiger charge is 2.19. The average molecular weight is 558 g/mol. The van der Waals surface area contributed by atoms with Gasteiger partial charge in [-0.2, -0.15) is 0 Å². The molecule has 1 heterocycles. The summed E-state index contributed by atoms with van der Waals surface area (Å²) >= 11 is 12.5. The number of hydrogen-bond donors (Lipinski definition) is 1. The minimum absolute atomic E-state index is 0. The highest BCUT2D eigenvalue weighted by atomic mass is 35.5. The van der Waals surface area contributed by atoms with Crippen molar-refractivity contribution < 1.29 is 9.47 Å². The molecule has 3 aromatic carbocycles. The molecular weight excluding hydrogens is 526 g/mol. The van der Waals surface area contributed by atoms with Crippen molar-refractivity contribution >= 4 is 48.0 Å². The number of hydrogen-bond acceptors (Lipinski definition) is 4. The molecule has 35 heavy (non-hydrogen) atoms. The number of piperidine rings is 1. The molecule has 0 aliphatic carbocycles. The standard InChI is InChI=1S/C27H30Cl2N2O2.2ClH/c1-32-27-16-21(10-11-26(27)33-19-23-24(28)8-5-9-25(23)29)17-30-22-12-14-31(15-13-22)18-20-6-3-2-4-7-20;;/h2-11,16,22,30H,12-15,17-19H2,1H3;2*1H. The summed E-state index contributed by atoms with van der Waals surface area (Å²) in [5.74, 6) is 1.38. The van der Waals surface area contributed by atoms with Crippen LogP contribution in [0, 0.1) is 0 Å². The van der Waals surface area contributed by atoms with E-state index in [0.717, 1.165) is 44.6 Å². The van der Waals surface area contributed by atoms with Gasteiger partial charge in [-0.05, 0) is 61.3 Å². The third-order valence-electron chi connectivity index (χ3n) is 6.09. The first kappa shape index (κ1) is 29.6. The molecular formula is C27H32Cl4N2O2. The van der Waals surface area contributed by atoms with Crippen LogP contribution in [0.5, 0.6) is 11.5 Å². The third kappa shape index (κ3) is 8.45. The molecule has 1 aliphatic heterocycles. The molecule has 1 aliphatic rings. The zero-order chi connectivity index (χ0) is 23.0. The van der Waals surface area contributed by atoms with E-state index in [1.165, 1.54) is 11.1 Å². The van der Waals surface area contributed by atoms with Crippen LogP contribution in [0.4, 0.5) is 0 Å². The number of halogens is 4. The molecule has 0 atom stereocenters. The van der Waals surface area contributed by atoms with Crippen LogP contribution in [0.2, 0.25) is 10.0 Å². The second-order valence-corrected chi connectivity index (χ2v) is 9.21. The maximum atomic E-state index is 6.25. The largest absolute Gasteiger partial charge is 0.493 e. The van der Waals surface area contributed by atoms with Crippen LogP contribution in [-0.2, 0) is 19.7 Å². The van der Waals surface area contributed by atoms with Gasteiger partial charge >= 0.3 is 0 Å². The Bertz CT molecular complexity index is 1020. The number of benzene rings is 3. The molecule has 0 bridgehead atoms. The van der Waals surface area contributed by atoms with Gasteiger partial charge in [0.05, 0.1) is 7.11 Å². The first-order valence-electron chi connectivity index (χ1n) is 11.3. The molecule has 190 valence electrons. The maximum absolute atomic E-state index is 6.25. The van der Waals surface area contributed by atoms with E-state index in [-0.39, 0.29) is 31.4 Å². The van der Waals surface area contributed by atoms with Crippen molar-refractivity contribution in [2.45, 2.75) is 38.6 Å². The smallest absolute Gasteiger partial charge is 0.161 e. The molecule has 0 unspecified atom stereocenters. The van der Waals surface area contributed by atoms with Crippen molar-refractivity contribution in [3.05, 3.63) is 93.5 Å². The van der Waals surface area contributed by atoms with Crippen molar-refractivity contribution in [1.29, 1.82) is 0 Å². The van der Waals surface area contributed by atoms with E-state index < -0.39 is 0 Å². The fourth-order valence-corrected chi connectivity index (χ4v) is 4.67. The normalized spacial score (nSPS) is 14.0. The fraction of sp³-hybridized carbons (Fsp3) is 0.333. The van der Waals surface area contributed by atoms with Gasteiger partial charge in [0.25, 0.3) is 0 Å². The highest BCUT2D eigenvalue weighted by molar-refractivity contribution is 6.35. The van der Waals surface area contributed by atoms with E-state index in [1.54, 1.807) is 7.11 Å². The summed E-state index contributed by atoms with van der Waals surface area (Å²) in [6.07, 6.45) is 2.31. The molecule has 0 aromatic heterocycles. The lowest BCUT2D eigenvalue weighted by atomic mass is 10.0. The Balaban J connectivity index is 0.00000216. The Hall–Kier alpha value is -1.66. The van der Waals surface area contributed by atoms with Crippen LogP contribution in [-0.4, -0.2) is 31.1 Å². The summed E-state index contributed by atoms with van der Waals surface area (Å²) in [6.45, 7) is 4.36. The lowest BCUT2D eigenvalue weighted by molar-refractivity contribution is 0.190. The molecule has 3 aromatic rings. The van der Waals surface area contributed by atoms with E-state index >= 15 is 0 Å². The molecule has 8 heteroatoms.